The third-order valence-electron chi connectivity index (χ3n) is 0.808. The van der Waals surface area contributed by atoms with Gasteiger partial charge < -0.3 is 4.74 Å². The van der Waals surface area contributed by atoms with E-state index in [0.29, 0.717) is 5.54 Å². The first-order valence-electron chi connectivity index (χ1n) is 2.85. The molecule has 62 valence electrons. The van der Waals surface area contributed by atoms with Gasteiger partial charge in [-0.25, -0.2) is 9.18 Å². The van der Waals surface area contributed by atoms with Crippen LogP contribution >= 0.6 is 11.6 Å². The van der Waals surface area contributed by atoms with Gasteiger partial charge in [-0.05, 0) is 6.92 Å². The number of ether oxygens (including phenoxy) is 1. The molecule has 0 atom stereocenters. The van der Waals surface area contributed by atoms with E-state index in [0.717, 1.165) is 0 Å². The number of hydrogen-bond donors (Lipinski definition) is 0. The Hall–Kier alpha value is -0.830. The maximum absolute atomic E-state index is 12.2. The summed E-state index contributed by atoms with van der Waals surface area (Å²) in [5.41, 5.74) is 0.943. The predicted molar refractivity (Wildman–Crippen MR) is 40.8 cm³/mol. The summed E-state index contributed by atoms with van der Waals surface area (Å²) in [4.78, 5) is 10.6. The summed E-state index contributed by atoms with van der Waals surface area (Å²) in [7, 11) is 0. The minimum absolute atomic E-state index is 0.229. The Morgan fingerprint density at radius 3 is 2.73 bits per heavy atom. The predicted octanol–water partition coefficient (Wildman–Crippen LogP) is 2.16. The molecule has 0 heterocycles. The van der Waals surface area contributed by atoms with Crippen LogP contribution in [-0.2, 0) is 9.53 Å². The Bertz CT molecular complexity index is 199. The van der Waals surface area contributed by atoms with E-state index >= 15 is 0 Å². The number of halogens is 2. The average Bonchev–Trinajstić information content (AvgIpc) is 1.99. The van der Waals surface area contributed by atoms with E-state index in [1.54, 1.807) is 0 Å². The number of rotatable bonds is 3. The Balaban J connectivity index is 3.72. The molecule has 0 aliphatic carbocycles. The minimum atomic E-state index is -0.693. The van der Waals surface area contributed by atoms with Crippen molar-refractivity contribution in [1.82, 2.24) is 0 Å². The van der Waals surface area contributed by atoms with Crippen LogP contribution in [0.4, 0.5) is 4.39 Å². The molecule has 0 rings (SSSR count). The zero-order valence-electron chi connectivity index (χ0n) is 6.06. The van der Waals surface area contributed by atoms with Crippen LogP contribution in [-0.4, -0.2) is 12.6 Å². The fourth-order valence-corrected chi connectivity index (χ4v) is 0.352. The molecule has 0 bridgehead atoms. The second-order valence-corrected chi connectivity index (χ2v) is 2.13. The van der Waals surface area contributed by atoms with Crippen molar-refractivity contribution < 1.29 is 13.9 Å². The molecule has 0 saturated carbocycles. The molecule has 0 radical (unpaired) electrons. The van der Waals surface area contributed by atoms with Gasteiger partial charge in [0.15, 0.2) is 0 Å². The fourth-order valence-electron chi connectivity index (χ4n) is 0.289. The van der Waals surface area contributed by atoms with Crippen LogP contribution in [0.3, 0.4) is 0 Å². The normalized spacial score (nSPS) is 11.0. The van der Waals surface area contributed by atoms with Crippen molar-refractivity contribution in [2.24, 2.45) is 0 Å². The molecule has 0 unspecified atom stereocenters. The van der Waals surface area contributed by atoms with Crippen LogP contribution in [0.25, 0.3) is 0 Å². The van der Waals surface area contributed by atoms with E-state index in [4.69, 9.17) is 11.6 Å². The van der Waals surface area contributed by atoms with E-state index in [-0.39, 0.29) is 5.57 Å². The fraction of sp³-hybridized carbons (Fsp3) is 0.286. The SMILES string of the molecule is C=C(C)C(=O)OC/C(F)=C/Cl. The third kappa shape index (κ3) is 4.56. The lowest BCUT2D eigenvalue weighted by atomic mass is 10.4. The molecule has 0 spiro atoms. The van der Waals surface area contributed by atoms with Gasteiger partial charge in [0.05, 0.1) is 0 Å². The lowest BCUT2D eigenvalue weighted by molar-refractivity contribution is -0.138. The van der Waals surface area contributed by atoms with Crippen molar-refractivity contribution in [2.45, 2.75) is 6.92 Å². The van der Waals surface area contributed by atoms with E-state index in [1.807, 2.05) is 0 Å². The average molecular weight is 179 g/mol. The molecule has 0 aromatic rings. The number of esters is 1. The van der Waals surface area contributed by atoms with Crippen LogP contribution in [0.15, 0.2) is 23.5 Å². The van der Waals surface area contributed by atoms with Gasteiger partial charge in [0.25, 0.3) is 0 Å². The molecule has 0 N–H and O–H groups in total. The highest BCUT2D eigenvalue weighted by Gasteiger charge is 2.03. The van der Waals surface area contributed by atoms with E-state index in [2.05, 4.69) is 11.3 Å². The van der Waals surface area contributed by atoms with Crippen molar-refractivity contribution in [2.75, 3.05) is 6.61 Å². The van der Waals surface area contributed by atoms with Crippen LogP contribution < -0.4 is 0 Å². The van der Waals surface area contributed by atoms with Crippen LogP contribution in [0.2, 0.25) is 0 Å². The Morgan fingerprint density at radius 1 is 1.82 bits per heavy atom. The highest BCUT2D eigenvalue weighted by Crippen LogP contribution is 2.01. The molecule has 0 saturated heterocycles. The zero-order valence-corrected chi connectivity index (χ0v) is 6.82. The van der Waals surface area contributed by atoms with Crippen molar-refractivity contribution >= 4 is 17.6 Å². The van der Waals surface area contributed by atoms with Crippen molar-refractivity contribution in [3.8, 4) is 0 Å². The monoisotopic (exact) mass is 178 g/mol. The van der Waals surface area contributed by atoms with Gasteiger partial charge in [0, 0.05) is 11.1 Å². The zero-order chi connectivity index (χ0) is 8.85. The molecular weight excluding hydrogens is 171 g/mol. The Labute approximate surface area is 69.3 Å². The van der Waals surface area contributed by atoms with Gasteiger partial charge >= 0.3 is 5.97 Å². The molecule has 4 heteroatoms. The van der Waals surface area contributed by atoms with Gasteiger partial charge in [-0.3, -0.25) is 0 Å². The highest BCUT2D eigenvalue weighted by atomic mass is 35.5. The topological polar surface area (TPSA) is 26.3 Å². The van der Waals surface area contributed by atoms with Gasteiger partial charge in [0.2, 0.25) is 0 Å². The molecule has 0 fully saturated rings. The standard InChI is InChI=1S/C7H8ClFO2/c1-5(2)7(10)11-4-6(9)3-8/h3H,1,4H2,2H3/b6-3-. The lowest BCUT2D eigenvalue weighted by Crippen LogP contribution is -2.06. The number of carbonyl (C=O) groups is 1. The molecular formula is C7H8ClFO2. The third-order valence-corrected chi connectivity index (χ3v) is 1.04. The first-order valence-corrected chi connectivity index (χ1v) is 3.29. The largest absolute Gasteiger partial charge is 0.455 e. The Kier molecular flexibility index (Phi) is 4.54. The summed E-state index contributed by atoms with van der Waals surface area (Å²) < 4.78 is 16.6. The molecule has 0 aromatic carbocycles. The summed E-state index contributed by atoms with van der Waals surface area (Å²) in [6.07, 6.45) is 0. The first-order chi connectivity index (χ1) is 5.07. The van der Waals surface area contributed by atoms with Crippen LogP contribution in [0.5, 0.6) is 0 Å². The van der Waals surface area contributed by atoms with Crippen molar-refractivity contribution in [3.05, 3.63) is 23.5 Å². The van der Waals surface area contributed by atoms with Gasteiger partial charge in [-0.2, -0.15) is 0 Å². The van der Waals surface area contributed by atoms with E-state index in [1.165, 1.54) is 6.92 Å². The number of hydrogen-bond acceptors (Lipinski definition) is 2. The quantitative estimate of drug-likeness (QED) is 0.489. The van der Waals surface area contributed by atoms with Crippen LogP contribution in [0.1, 0.15) is 6.92 Å². The maximum atomic E-state index is 12.2. The summed E-state index contributed by atoms with van der Waals surface area (Å²) in [5, 5.41) is 0. The molecule has 2 nitrogen and oxygen atoms in total. The molecule has 0 aliphatic heterocycles. The van der Waals surface area contributed by atoms with Gasteiger partial charge in [-0.15, -0.1) is 0 Å². The van der Waals surface area contributed by atoms with Crippen LogP contribution in [0, 0.1) is 0 Å². The molecule has 11 heavy (non-hydrogen) atoms. The van der Waals surface area contributed by atoms with Crippen molar-refractivity contribution in [1.29, 1.82) is 0 Å². The first kappa shape index (κ1) is 10.2. The lowest BCUT2D eigenvalue weighted by Gasteiger charge is -2.00. The Morgan fingerprint density at radius 2 is 2.36 bits per heavy atom. The van der Waals surface area contributed by atoms with E-state index in [9.17, 15) is 9.18 Å². The van der Waals surface area contributed by atoms with Gasteiger partial charge in [0.1, 0.15) is 12.4 Å². The van der Waals surface area contributed by atoms with E-state index < -0.39 is 18.4 Å². The smallest absolute Gasteiger partial charge is 0.333 e. The summed E-state index contributed by atoms with van der Waals surface area (Å²) in [5.74, 6) is -1.32. The summed E-state index contributed by atoms with van der Waals surface area (Å²) in [6, 6.07) is 0. The summed E-state index contributed by atoms with van der Waals surface area (Å²) in [6.45, 7) is 4.35. The van der Waals surface area contributed by atoms with Crippen molar-refractivity contribution in [3.63, 3.8) is 0 Å². The number of carbonyl (C=O) groups excluding carboxylic acids is 1. The molecule has 0 amide bonds. The summed E-state index contributed by atoms with van der Waals surface area (Å²) >= 11 is 4.96. The highest BCUT2D eigenvalue weighted by molar-refractivity contribution is 6.25. The second kappa shape index (κ2) is 4.91. The minimum Gasteiger partial charge on any atom is -0.455 e. The van der Waals surface area contributed by atoms with Gasteiger partial charge in [-0.1, -0.05) is 18.2 Å². The molecule has 0 aromatic heterocycles. The molecule has 0 aliphatic rings. The second-order valence-electron chi connectivity index (χ2n) is 1.91. The maximum Gasteiger partial charge on any atom is 0.333 e.